The molecule has 0 spiro atoms. The first-order valence-corrected chi connectivity index (χ1v) is 8.43. The maximum absolute atomic E-state index is 13.7. The minimum atomic E-state index is -0.856. The molecule has 6 nitrogen and oxygen atoms in total. The van der Waals surface area contributed by atoms with Crippen molar-refractivity contribution in [1.29, 1.82) is 0 Å². The van der Waals surface area contributed by atoms with Crippen molar-refractivity contribution in [3.63, 3.8) is 0 Å². The summed E-state index contributed by atoms with van der Waals surface area (Å²) >= 11 is 0. The molecule has 28 heavy (non-hydrogen) atoms. The Kier molecular flexibility index (Phi) is 4.76. The highest BCUT2D eigenvalue weighted by Gasteiger charge is 2.14. The second kappa shape index (κ2) is 7.51. The number of ether oxygens (including phenoxy) is 2. The molecule has 2 aromatic carbocycles. The average Bonchev–Trinajstić information content (AvgIpc) is 3.16. The van der Waals surface area contributed by atoms with Crippen LogP contribution in [0.4, 0.5) is 20.2 Å². The van der Waals surface area contributed by atoms with Crippen molar-refractivity contribution in [3.8, 4) is 11.5 Å². The summed E-state index contributed by atoms with van der Waals surface area (Å²) in [5.74, 6) is -0.777. The molecular weight excluding hydrogens is 368 g/mol. The molecule has 2 heterocycles. The van der Waals surface area contributed by atoms with Crippen molar-refractivity contribution < 1.29 is 23.0 Å². The first kappa shape index (κ1) is 17.7. The average molecular weight is 383 g/mol. The van der Waals surface area contributed by atoms with Gasteiger partial charge in [-0.05, 0) is 42.0 Å². The van der Waals surface area contributed by atoms with Gasteiger partial charge in [0.1, 0.15) is 17.3 Å². The number of aromatic nitrogens is 1. The lowest BCUT2D eigenvalue weighted by atomic mass is 10.2. The monoisotopic (exact) mass is 383 g/mol. The van der Waals surface area contributed by atoms with Gasteiger partial charge in [0.05, 0.1) is 5.69 Å². The van der Waals surface area contributed by atoms with Crippen LogP contribution in [-0.4, -0.2) is 17.7 Å². The van der Waals surface area contributed by atoms with Gasteiger partial charge in [-0.3, -0.25) is 9.78 Å². The van der Waals surface area contributed by atoms with E-state index in [-0.39, 0.29) is 18.2 Å². The van der Waals surface area contributed by atoms with Crippen LogP contribution >= 0.6 is 0 Å². The second-order valence-electron chi connectivity index (χ2n) is 6.05. The van der Waals surface area contributed by atoms with Gasteiger partial charge >= 0.3 is 0 Å². The van der Waals surface area contributed by atoms with Crippen LogP contribution in [0, 0.1) is 11.6 Å². The summed E-state index contributed by atoms with van der Waals surface area (Å²) in [5.41, 5.74) is 1.61. The van der Waals surface area contributed by atoms with Crippen LogP contribution in [-0.2, 0) is 6.54 Å². The van der Waals surface area contributed by atoms with E-state index in [0.717, 1.165) is 17.7 Å². The highest BCUT2D eigenvalue weighted by atomic mass is 19.1. The van der Waals surface area contributed by atoms with Crippen molar-refractivity contribution in [2.45, 2.75) is 6.54 Å². The molecule has 1 aliphatic heterocycles. The number of nitrogens with zero attached hydrogens (tertiary/aromatic N) is 1. The molecule has 1 aliphatic rings. The first-order valence-electron chi connectivity index (χ1n) is 8.43. The maximum atomic E-state index is 13.7. The predicted molar refractivity (Wildman–Crippen MR) is 98.4 cm³/mol. The van der Waals surface area contributed by atoms with Gasteiger partial charge in [-0.25, -0.2) is 8.78 Å². The number of rotatable bonds is 5. The normalized spacial score (nSPS) is 11.9. The smallest absolute Gasteiger partial charge is 0.274 e. The zero-order chi connectivity index (χ0) is 19.5. The highest BCUT2D eigenvalue weighted by molar-refractivity contribution is 6.03. The lowest BCUT2D eigenvalue weighted by Crippen LogP contribution is -2.15. The van der Waals surface area contributed by atoms with Crippen LogP contribution in [0.15, 0.2) is 54.7 Å². The third-order valence-corrected chi connectivity index (χ3v) is 4.11. The zero-order valence-corrected chi connectivity index (χ0v) is 14.5. The second-order valence-corrected chi connectivity index (χ2v) is 6.05. The number of pyridine rings is 1. The highest BCUT2D eigenvalue weighted by Crippen LogP contribution is 2.32. The number of anilines is 2. The van der Waals surface area contributed by atoms with E-state index in [0.29, 0.717) is 29.8 Å². The van der Waals surface area contributed by atoms with Crippen LogP contribution < -0.4 is 20.1 Å². The molecule has 2 N–H and O–H groups in total. The van der Waals surface area contributed by atoms with E-state index in [4.69, 9.17) is 9.47 Å². The van der Waals surface area contributed by atoms with Gasteiger partial charge in [0.15, 0.2) is 11.5 Å². The lowest BCUT2D eigenvalue weighted by Gasteiger charge is -2.09. The van der Waals surface area contributed by atoms with E-state index in [1.807, 2.05) is 18.2 Å². The molecule has 3 aromatic rings. The summed E-state index contributed by atoms with van der Waals surface area (Å²) in [5, 5.41) is 5.57. The zero-order valence-electron chi connectivity index (χ0n) is 14.5. The molecule has 0 radical (unpaired) electrons. The van der Waals surface area contributed by atoms with E-state index >= 15 is 0 Å². The number of carbonyl (C=O) groups is 1. The van der Waals surface area contributed by atoms with Crippen molar-refractivity contribution in [2.75, 3.05) is 17.4 Å². The molecule has 0 fully saturated rings. The third-order valence-electron chi connectivity index (χ3n) is 4.11. The van der Waals surface area contributed by atoms with Gasteiger partial charge in [-0.1, -0.05) is 6.07 Å². The molecule has 0 saturated carbocycles. The Morgan fingerprint density at radius 2 is 1.89 bits per heavy atom. The SMILES string of the molecule is O=C(Nc1ccc(F)cc1F)c1cc(NCc2ccc3c(c2)OCO3)ccn1. The number of fused-ring (bicyclic) bond motifs is 1. The number of amides is 1. The number of carbonyl (C=O) groups excluding carboxylic acids is 1. The van der Waals surface area contributed by atoms with Crippen molar-refractivity contribution in [2.24, 2.45) is 0 Å². The summed E-state index contributed by atoms with van der Waals surface area (Å²) in [7, 11) is 0. The summed E-state index contributed by atoms with van der Waals surface area (Å²) < 4.78 is 37.3. The summed E-state index contributed by atoms with van der Waals surface area (Å²) in [6.45, 7) is 0.706. The van der Waals surface area contributed by atoms with Gasteiger partial charge in [-0.15, -0.1) is 0 Å². The standard InChI is InChI=1S/C20H15F2N3O3/c21-13-2-3-16(15(22)8-13)25-20(26)17-9-14(5-6-23-17)24-10-12-1-4-18-19(7-12)28-11-27-18/h1-9H,10-11H2,(H,23,24)(H,25,26). The number of hydrogen-bond acceptors (Lipinski definition) is 5. The van der Waals surface area contributed by atoms with Crippen LogP contribution in [0.1, 0.15) is 16.1 Å². The summed E-state index contributed by atoms with van der Waals surface area (Å²) in [4.78, 5) is 16.3. The molecule has 0 atom stereocenters. The van der Waals surface area contributed by atoms with Crippen molar-refractivity contribution in [3.05, 3.63) is 77.6 Å². The van der Waals surface area contributed by atoms with Crippen LogP contribution in [0.5, 0.6) is 11.5 Å². The Bertz CT molecular complexity index is 1040. The molecule has 0 aliphatic carbocycles. The van der Waals surface area contributed by atoms with E-state index in [2.05, 4.69) is 15.6 Å². The Balaban J connectivity index is 1.43. The molecule has 4 rings (SSSR count). The Morgan fingerprint density at radius 1 is 1.04 bits per heavy atom. The third kappa shape index (κ3) is 3.85. The number of hydrogen-bond donors (Lipinski definition) is 2. The molecule has 0 unspecified atom stereocenters. The first-order chi connectivity index (χ1) is 13.6. The Labute approximate surface area is 159 Å². The lowest BCUT2D eigenvalue weighted by molar-refractivity contribution is 0.102. The fraction of sp³-hybridized carbons (Fsp3) is 0.100. The largest absolute Gasteiger partial charge is 0.454 e. The van der Waals surface area contributed by atoms with E-state index in [1.165, 1.54) is 6.20 Å². The minimum Gasteiger partial charge on any atom is -0.454 e. The molecule has 0 bridgehead atoms. The van der Waals surface area contributed by atoms with Crippen LogP contribution in [0.2, 0.25) is 0 Å². The molecular formula is C20H15F2N3O3. The molecule has 1 aromatic heterocycles. The summed E-state index contributed by atoms with van der Waals surface area (Å²) in [6, 6.07) is 11.8. The van der Waals surface area contributed by atoms with E-state index in [1.54, 1.807) is 12.1 Å². The summed E-state index contributed by atoms with van der Waals surface area (Å²) in [6.07, 6.45) is 1.47. The van der Waals surface area contributed by atoms with E-state index < -0.39 is 17.5 Å². The number of nitrogens with one attached hydrogen (secondary N) is 2. The molecule has 0 saturated heterocycles. The van der Waals surface area contributed by atoms with Crippen LogP contribution in [0.3, 0.4) is 0 Å². The predicted octanol–water partition coefficient (Wildman–Crippen LogP) is 3.95. The van der Waals surface area contributed by atoms with Gasteiger partial charge < -0.3 is 20.1 Å². The number of halogens is 2. The minimum absolute atomic E-state index is 0.0967. The van der Waals surface area contributed by atoms with Crippen LogP contribution in [0.25, 0.3) is 0 Å². The van der Waals surface area contributed by atoms with Gasteiger partial charge in [0, 0.05) is 24.5 Å². The quantitative estimate of drug-likeness (QED) is 0.698. The fourth-order valence-electron chi connectivity index (χ4n) is 2.70. The molecule has 1 amide bonds. The molecule has 8 heteroatoms. The maximum Gasteiger partial charge on any atom is 0.274 e. The Hall–Kier alpha value is -3.68. The fourth-order valence-corrected chi connectivity index (χ4v) is 2.70. The molecule has 142 valence electrons. The van der Waals surface area contributed by atoms with Gasteiger partial charge in [0.25, 0.3) is 5.91 Å². The van der Waals surface area contributed by atoms with Crippen molar-refractivity contribution >= 4 is 17.3 Å². The van der Waals surface area contributed by atoms with Gasteiger partial charge in [-0.2, -0.15) is 0 Å². The topological polar surface area (TPSA) is 72.5 Å². The van der Waals surface area contributed by atoms with E-state index in [9.17, 15) is 13.6 Å². The van der Waals surface area contributed by atoms with Gasteiger partial charge in [0.2, 0.25) is 6.79 Å². The van der Waals surface area contributed by atoms with Crippen molar-refractivity contribution in [1.82, 2.24) is 4.98 Å². The Morgan fingerprint density at radius 3 is 2.75 bits per heavy atom. The number of benzene rings is 2.